The summed E-state index contributed by atoms with van der Waals surface area (Å²) in [7, 11) is 1.62. The van der Waals surface area contributed by atoms with Gasteiger partial charge in [0.2, 0.25) is 0 Å². The van der Waals surface area contributed by atoms with Crippen LogP contribution >= 0.6 is 0 Å². The zero-order valence-electron chi connectivity index (χ0n) is 13.4. The van der Waals surface area contributed by atoms with Gasteiger partial charge in [-0.3, -0.25) is 9.59 Å². The minimum atomic E-state index is -1.08. The first-order valence-corrected chi connectivity index (χ1v) is 7.34. The Balaban J connectivity index is 2.30. The fourth-order valence-corrected chi connectivity index (χ4v) is 2.08. The summed E-state index contributed by atoms with van der Waals surface area (Å²) in [4.78, 5) is 37.4. The average molecular weight is 326 g/mol. The van der Waals surface area contributed by atoms with Gasteiger partial charge in [0, 0.05) is 12.7 Å². The van der Waals surface area contributed by atoms with Crippen LogP contribution in [0, 0.1) is 0 Å². The van der Waals surface area contributed by atoms with Crippen LogP contribution in [0.15, 0.2) is 54.6 Å². The maximum atomic E-state index is 12.7. The Bertz CT molecular complexity index is 759. The van der Waals surface area contributed by atoms with Crippen LogP contribution in [-0.2, 0) is 9.53 Å². The predicted molar refractivity (Wildman–Crippen MR) is 89.7 cm³/mol. The number of nitrogens with two attached hydrogens (primary N) is 1. The van der Waals surface area contributed by atoms with Crippen molar-refractivity contribution in [3.63, 3.8) is 0 Å². The summed E-state index contributed by atoms with van der Waals surface area (Å²) in [5, 5.41) is 0. The number of benzene rings is 2. The number of primary amides is 1. The molecule has 0 spiro atoms. The predicted octanol–water partition coefficient (Wildman–Crippen LogP) is 1.99. The summed E-state index contributed by atoms with van der Waals surface area (Å²) in [6.07, 6.45) is -1.08. The van der Waals surface area contributed by atoms with Crippen molar-refractivity contribution >= 4 is 23.5 Å². The molecule has 2 amide bonds. The van der Waals surface area contributed by atoms with Crippen molar-refractivity contribution in [3.05, 3.63) is 65.7 Å². The molecule has 0 aliphatic heterocycles. The van der Waals surface area contributed by atoms with Gasteiger partial charge in [-0.25, -0.2) is 4.79 Å². The summed E-state index contributed by atoms with van der Waals surface area (Å²) in [6.45, 7) is 1.38. The summed E-state index contributed by atoms with van der Waals surface area (Å²) in [5.74, 6) is -1.89. The molecule has 0 radical (unpaired) electrons. The van der Waals surface area contributed by atoms with Gasteiger partial charge in [0.25, 0.3) is 11.8 Å². The van der Waals surface area contributed by atoms with E-state index in [1.807, 2.05) is 18.2 Å². The lowest BCUT2D eigenvalue weighted by Gasteiger charge is -2.19. The molecule has 0 saturated heterocycles. The van der Waals surface area contributed by atoms with Gasteiger partial charge in [-0.1, -0.05) is 30.3 Å². The second-order valence-corrected chi connectivity index (χ2v) is 5.20. The number of esters is 1. The zero-order valence-corrected chi connectivity index (χ0v) is 13.4. The van der Waals surface area contributed by atoms with E-state index in [-0.39, 0.29) is 17.0 Å². The van der Waals surface area contributed by atoms with Gasteiger partial charge in [0.05, 0.1) is 11.1 Å². The first kappa shape index (κ1) is 17.2. The van der Waals surface area contributed by atoms with Crippen LogP contribution in [0.3, 0.4) is 0 Å². The Labute approximate surface area is 139 Å². The molecule has 2 aromatic carbocycles. The van der Waals surface area contributed by atoms with Crippen molar-refractivity contribution in [1.82, 2.24) is 0 Å². The van der Waals surface area contributed by atoms with Crippen molar-refractivity contribution < 1.29 is 19.1 Å². The summed E-state index contributed by atoms with van der Waals surface area (Å²) < 4.78 is 4.99. The van der Waals surface area contributed by atoms with E-state index in [9.17, 15) is 14.4 Å². The minimum absolute atomic E-state index is 0.0818. The van der Waals surface area contributed by atoms with E-state index in [1.54, 1.807) is 31.3 Å². The molecule has 0 aliphatic rings. The molecule has 124 valence electrons. The molecule has 1 unspecified atom stereocenters. The van der Waals surface area contributed by atoms with Gasteiger partial charge in [-0.2, -0.15) is 0 Å². The van der Waals surface area contributed by atoms with E-state index in [1.165, 1.54) is 24.0 Å². The third-order valence-electron chi connectivity index (χ3n) is 3.51. The number of carbonyl (C=O) groups excluding carboxylic acids is 3. The topological polar surface area (TPSA) is 89.7 Å². The number of para-hydroxylation sites is 1. The molecule has 24 heavy (non-hydrogen) atoms. The summed E-state index contributed by atoms with van der Waals surface area (Å²) >= 11 is 0. The Morgan fingerprint density at radius 3 is 2.08 bits per heavy atom. The Morgan fingerprint density at radius 1 is 0.958 bits per heavy atom. The number of hydrogen-bond donors (Lipinski definition) is 1. The second kappa shape index (κ2) is 7.41. The largest absolute Gasteiger partial charge is 0.449 e. The number of rotatable bonds is 5. The number of hydrogen-bond acceptors (Lipinski definition) is 4. The van der Waals surface area contributed by atoms with Crippen molar-refractivity contribution in [2.45, 2.75) is 13.0 Å². The lowest BCUT2D eigenvalue weighted by Crippen LogP contribution is -2.32. The highest BCUT2D eigenvalue weighted by atomic mass is 16.5. The maximum absolute atomic E-state index is 12.7. The van der Waals surface area contributed by atoms with Gasteiger partial charge in [0.15, 0.2) is 6.10 Å². The van der Waals surface area contributed by atoms with Gasteiger partial charge in [-0.05, 0) is 31.2 Å². The standard InChI is InChI=1S/C18H18N2O4/c1-12(16(19)21)24-18(23)15-11-7-6-10-14(15)17(22)20(2)13-8-4-3-5-9-13/h3-12H,1-2H3,(H2,19,21). The highest BCUT2D eigenvalue weighted by Crippen LogP contribution is 2.18. The van der Waals surface area contributed by atoms with Crippen molar-refractivity contribution in [1.29, 1.82) is 0 Å². The minimum Gasteiger partial charge on any atom is -0.449 e. The highest BCUT2D eigenvalue weighted by molar-refractivity contribution is 6.12. The molecule has 6 nitrogen and oxygen atoms in total. The number of nitrogens with zero attached hydrogens (tertiary/aromatic N) is 1. The van der Waals surface area contributed by atoms with Crippen molar-refractivity contribution in [3.8, 4) is 0 Å². The maximum Gasteiger partial charge on any atom is 0.339 e. The quantitative estimate of drug-likeness (QED) is 0.851. The van der Waals surface area contributed by atoms with Crippen molar-refractivity contribution in [2.75, 3.05) is 11.9 Å². The van der Waals surface area contributed by atoms with Gasteiger partial charge in [-0.15, -0.1) is 0 Å². The van der Waals surface area contributed by atoms with Crippen LogP contribution in [0.5, 0.6) is 0 Å². The summed E-state index contributed by atoms with van der Waals surface area (Å²) in [6, 6.07) is 15.3. The molecule has 0 saturated carbocycles. The number of amides is 2. The molecular weight excluding hydrogens is 308 g/mol. The van der Waals surface area contributed by atoms with Crippen LogP contribution in [0.1, 0.15) is 27.6 Å². The smallest absolute Gasteiger partial charge is 0.339 e. The van der Waals surface area contributed by atoms with E-state index in [4.69, 9.17) is 10.5 Å². The number of anilines is 1. The van der Waals surface area contributed by atoms with Crippen LogP contribution in [-0.4, -0.2) is 30.9 Å². The first-order chi connectivity index (χ1) is 11.4. The Hall–Kier alpha value is -3.15. The molecule has 1 atom stereocenters. The van der Waals surface area contributed by atoms with E-state index < -0.39 is 18.0 Å². The Kier molecular flexibility index (Phi) is 5.31. The SMILES string of the molecule is CC(OC(=O)c1ccccc1C(=O)N(C)c1ccccc1)C(N)=O. The molecule has 2 aromatic rings. The molecule has 0 aliphatic carbocycles. The van der Waals surface area contributed by atoms with Crippen molar-refractivity contribution in [2.24, 2.45) is 5.73 Å². The van der Waals surface area contributed by atoms with Crippen LogP contribution in [0.25, 0.3) is 0 Å². The fraction of sp³-hybridized carbons (Fsp3) is 0.167. The fourth-order valence-electron chi connectivity index (χ4n) is 2.08. The molecular formula is C18H18N2O4. The van der Waals surface area contributed by atoms with E-state index in [2.05, 4.69) is 0 Å². The molecule has 0 fully saturated rings. The van der Waals surface area contributed by atoms with Gasteiger partial charge >= 0.3 is 5.97 Å². The van der Waals surface area contributed by atoms with Crippen LogP contribution in [0.4, 0.5) is 5.69 Å². The van der Waals surface area contributed by atoms with Crippen LogP contribution < -0.4 is 10.6 Å². The number of ether oxygens (including phenoxy) is 1. The highest BCUT2D eigenvalue weighted by Gasteiger charge is 2.23. The molecule has 0 bridgehead atoms. The normalized spacial score (nSPS) is 11.4. The van der Waals surface area contributed by atoms with Crippen LogP contribution in [0.2, 0.25) is 0 Å². The van der Waals surface area contributed by atoms with Gasteiger partial charge < -0.3 is 15.4 Å². The molecule has 6 heteroatoms. The Morgan fingerprint density at radius 2 is 1.50 bits per heavy atom. The average Bonchev–Trinajstić information content (AvgIpc) is 2.61. The third-order valence-corrected chi connectivity index (χ3v) is 3.51. The van der Waals surface area contributed by atoms with E-state index >= 15 is 0 Å². The number of carbonyl (C=O) groups is 3. The molecule has 2 N–H and O–H groups in total. The van der Waals surface area contributed by atoms with Gasteiger partial charge in [0.1, 0.15) is 0 Å². The monoisotopic (exact) mass is 326 g/mol. The molecule has 0 aromatic heterocycles. The lowest BCUT2D eigenvalue weighted by molar-refractivity contribution is -0.125. The van der Waals surface area contributed by atoms with E-state index in [0.717, 1.165) is 0 Å². The third kappa shape index (κ3) is 3.78. The van der Waals surface area contributed by atoms with E-state index in [0.29, 0.717) is 5.69 Å². The lowest BCUT2D eigenvalue weighted by atomic mass is 10.1. The first-order valence-electron chi connectivity index (χ1n) is 7.34. The summed E-state index contributed by atoms with van der Waals surface area (Å²) in [5.41, 5.74) is 6.05. The second-order valence-electron chi connectivity index (χ2n) is 5.20. The molecule has 0 heterocycles. The molecule has 2 rings (SSSR count). The zero-order chi connectivity index (χ0) is 17.7.